The van der Waals surface area contributed by atoms with Crippen molar-refractivity contribution in [3.63, 3.8) is 0 Å². The lowest BCUT2D eigenvalue weighted by atomic mass is 10.2. The number of benzene rings is 1. The van der Waals surface area contributed by atoms with Gasteiger partial charge >= 0.3 is 0 Å². The number of carbonyl (C=O) groups is 1. The van der Waals surface area contributed by atoms with E-state index in [1.807, 2.05) is 24.3 Å². The molecule has 0 bridgehead atoms. The van der Waals surface area contributed by atoms with Gasteiger partial charge in [-0.05, 0) is 17.7 Å². The molecule has 3 N–H and O–H groups in total. The number of hydrogen-bond acceptors (Lipinski definition) is 4. The van der Waals surface area contributed by atoms with Crippen LogP contribution in [0.3, 0.4) is 0 Å². The van der Waals surface area contributed by atoms with Gasteiger partial charge in [0.05, 0.1) is 26.2 Å². The normalized spacial score (nSPS) is 15.2. The highest BCUT2D eigenvalue weighted by molar-refractivity contribution is 5.90. The molecule has 1 aromatic rings. The minimum Gasteiger partial charge on any atom is -0.376 e. The summed E-state index contributed by atoms with van der Waals surface area (Å²) in [5.74, 6) is -0.0515. The van der Waals surface area contributed by atoms with Crippen LogP contribution < -0.4 is 11.1 Å². The second-order valence-electron chi connectivity index (χ2n) is 4.23. The number of nitrogens with two attached hydrogens (primary N) is 1. The lowest BCUT2D eigenvalue weighted by molar-refractivity contribution is -0.135. The molecule has 1 amide bonds. The van der Waals surface area contributed by atoms with E-state index in [0.29, 0.717) is 32.8 Å². The van der Waals surface area contributed by atoms with E-state index in [4.69, 9.17) is 15.2 Å². The SMILES string of the molecule is NCc1cccc(NC(=O)CCOC2COC2)c1. The van der Waals surface area contributed by atoms with Crippen molar-refractivity contribution in [1.82, 2.24) is 0 Å². The van der Waals surface area contributed by atoms with Crippen molar-refractivity contribution in [2.45, 2.75) is 19.1 Å². The average Bonchev–Trinajstić information content (AvgIpc) is 2.32. The topological polar surface area (TPSA) is 73.6 Å². The molecular formula is C13H18N2O3. The summed E-state index contributed by atoms with van der Waals surface area (Å²) in [4.78, 5) is 11.6. The molecule has 18 heavy (non-hydrogen) atoms. The number of amides is 1. The summed E-state index contributed by atoms with van der Waals surface area (Å²) in [6.07, 6.45) is 0.516. The molecule has 1 fully saturated rings. The van der Waals surface area contributed by atoms with E-state index in [9.17, 15) is 4.79 Å². The summed E-state index contributed by atoms with van der Waals surface area (Å²) in [6.45, 7) is 2.17. The Morgan fingerprint density at radius 1 is 1.50 bits per heavy atom. The fourth-order valence-electron chi connectivity index (χ4n) is 1.63. The first-order valence-electron chi connectivity index (χ1n) is 6.06. The van der Waals surface area contributed by atoms with Crippen LogP contribution >= 0.6 is 0 Å². The Hall–Kier alpha value is -1.43. The zero-order chi connectivity index (χ0) is 12.8. The predicted molar refractivity (Wildman–Crippen MR) is 68.1 cm³/mol. The van der Waals surface area contributed by atoms with E-state index in [1.165, 1.54) is 0 Å². The molecule has 2 rings (SSSR count). The zero-order valence-electron chi connectivity index (χ0n) is 10.2. The van der Waals surface area contributed by atoms with Crippen LogP contribution in [0.1, 0.15) is 12.0 Å². The second kappa shape index (κ2) is 6.49. The monoisotopic (exact) mass is 250 g/mol. The second-order valence-corrected chi connectivity index (χ2v) is 4.23. The summed E-state index contributed by atoms with van der Waals surface area (Å²) < 4.78 is 10.4. The lowest BCUT2D eigenvalue weighted by Crippen LogP contribution is -2.36. The molecule has 1 saturated heterocycles. The summed E-state index contributed by atoms with van der Waals surface area (Å²) in [5, 5.41) is 2.82. The summed E-state index contributed by atoms with van der Waals surface area (Å²) >= 11 is 0. The molecule has 1 aromatic carbocycles. The predicted octanol–water partition coefficient (Wildman–Crippen LogP) is 0.889. The number of ether oxygens (including phenoxy) is 2. The van der Waals surface area contributed by atoms with Crippen molar-refractivity contribution < 1.29 is 14.3 Å². The molecule has 0 spiro atoms. The van der Waals surface area contributed by atoms with Gasteiger partial charge in [0.2, 0.25) is 5.91 Å². The van der Waals surface area contributed by atoms with E-state index in [2.05, 4.69) is 5.32 Å². The Bertz CT molecular complexity index is 405. The van der Waals surface area contributed by atoms with E-state index >= 15 is 0 Å². The van der Waals surface area contributed by atoms with Gasteiger partial charge in [-0.3, -0.25) is 4.79 Å². The van der Waals surface area contributed by atoms with Gasteiger partial charge in [-0.1, -0.05) is 12.1 Å². The van der Waals surface area contributed by atoms with Gasteiger partial charge in [0.15, 0.2) is 0 Å². The highest BCUT2D eigenvalue weighted by Gasteiger charge is 2.18. The van der Waals surface area contributed by atoms with Crippen LogP contribution in [0.15, 0.2) is 24.3 Å². The molecule has 1 aliphatic heterocycles. The van der Waals surface area contributed by atoms with Crippen LogP contribution in [0.4, 0.5) is 5.69 Å². The smallest absolute Gasteiger partial charge is 0.226 e. The summed E-state index contributed by atoms with van der Waals surface area (Å²) in [6, 6.07) is 7.52. The van der Waals surface area contributed by atoms with Gasteiger partial charge in [0.1, 0.15) is 6.10 Å². The average molecular weight is 250 g/mol. The van der Waals surface area contributed by atoms with Gasteiger partial charge in [-0.15, -0.1) is 0 Å². The maximum absolute atomic E-state index is 11.6. The summed E-state index contributed by atoms with van der Waals surface area (Å²) in [7, 11) is 0. The third-order valence-electron chi connectivity index (χ3n) is 2.74. The van der Waals surface area contributed by atoms with Crippen LogP contribution in [0.5, 0.6) is 0 Å². The molecule has 1 heterocycles. The number of rotatable bonds is 6. The highest BCUT2D eigenvalue weighted by Crippen LogP contribution is 2.11. The molecule has 0 aliphatic carbocycles. The number of anilines is 1. The largest absolute Gasteiger partial charge is 0.376 e. The van der Waals surface area contributed by atoms with E-state index < -0.39 is 0 Å². The van der Waals surface area contributed by atoms with E-state index in [-0.39, 0.29) is 12.0 Å². The Morgan fingerprint density at radius 2 is 2.33 bits per heavy atom. The van der Waals surface area contributed by atoms with Crippen molar-refractivity contribution >= 4 is 11.6 Å². The Morgan fingerprint density at radius 3 is 3.00 bits per heavy atom. The van der Waals surface area contributed by atoms with Crippen molar-refractivity contribution in [1.29, 1.82) is 0 Å². The molecule has 1 aliphatic rings. The molecule has 0 atom stereocenters. The maximum atomic E-state index is 11.6. The van der Waals surface area contributed by atoms with Crippen LogP contribution in [0, 0.1) is 0 Å². The molecule has 0 saturated carbocycles. The molecule has 98 valence electrons. The maximum Gasteiger partial charge on any atom is 0.226 e. The first-order valence-corrected chi connectivity index (χ1v) is 6.06. The number of carbonyl (C=O) groups excluding carboxylic acids is 1. The Labute approximate surface area is 106 Å². The van der Waals surface area contributed by atoms with Crippen LogP contribution in [0.25, 0.3) is 0 Å². The quantitative estimate of drug-likeness (QED) is 0.786. The van der Waals surface area contributed by atoms with Crippen molar-refractivity contribution in [2.75, 3.05) is 25.1 Å². The molecule has 5 heteroatoms. The fourth-order valence-corrected chi connectivity index (χ4v) is 1.63. The van der Waals surface area contributed by atoms with Gasteiger partial charge in [-0.25, -0.2) is 0 Å². The van der Waals surface area contributed by atoms with E-state index in [1.54, 1.807) is 0 Å². The van der Waals surface area contributed by atoms with Crippen molar-refractivity contribution in [3.05, 3.63) is 29.8 Å². The first-order chi connectivity index (χ1) is 8.78. The first kappa shape index (κ1) is 13.0. The molecule has 0 unspecified atom stereocenters. The molecule has 5 nitrogen and oxygen atoms in total. The van der Waals surface area contributed by atoms with Crippen LogP contribution in [-0.4, -0.2) is 31.8 Å². The van der Waals surface area contributed by atoms with E-state index in [0.717, 1.165) is 11.3 Å². The Balaban J connectivity index is 1.71. The number of nitrogens with one attached hydrogen (secondary N) is 1. The third-order valence-corrected chi connectivity index (χ3v) is 2.74. The van der Waals surface area contributed by atoms with Gasteiger partial charge in [0.25, 0.3) is 0 Å². The van der Waals surface area contributed by atoms with Gasteiger partial charge in [0, 0.05) is 12.2 Å². The van der Waals surface area contributed by atoms with Crippen molar-refractivity contribution in [2.24, 2.45) is 5.73 Å². The highest BCUT2D eigenvalue weighted by atomic mass is 16.6. The van der Waals surface area contributed by atoms with Crippen LogP contribution in [-0.2, 0) is 20.8 Å². The standard InChI is InChI=1S/C13H18N2O3/c14-7-10-2-1-3-11(6-10)15-13(16)4-5-18-12-8-17-9-12/h1-3,6,12H,4-5,7-9,14H2,(H,15,16). The molecular weight excluding hydrogens is 232 g/mol. The van der Waals surface area contributed by atoms with Gasteiger partial charge in [-0.2, -0.15) is 0 Å². The fraction of sp³-hybridized carbons (Fsp3) is 0.462. The lowest BCUT2D eigenvalue weighted by Gasteiger charge is -2.25. The number of hydrogen-bond donors (Lipinski definition) is 2. The zero-order valence-corrected chi connectivity index (χ0v) is 10.2. The summed E-state index contributed by atoms with van der Waals surface area (Å²) in [5.41, 5.74) is 7.31. The van der Waals surface area contributed by atoms with Crippen molar-refractivity contribution in [3.8, 4) is 0 Å². The Kier molecular flexibility index (Phi) is 4.69. The van der Waals surface area contributed by atoms with Crippen LogP contribution in [0.2, 0.25) is 0 Å². The minimum absolute atomic E-state index is 0.0515. The molecule has 0 aromatic heterocycles. The minimum atomic E-state index is -0.0515. The molecule has 0 radical (unpaired) electrons. The third kappa shape index (κ3) is 3.80. The van der Waals surface area contributed by atoms with Gasteiger partial charge < -0.3 is 20.5 Å².